The van der Waals surface area contributed by atoms with Crippen LogP contribution in [0, 0.1) is 16.0 Å². The van der Waals surface area contributed by atoms with Crippen LogP contribution < -0.4 is 5.32 Å². The normalized spacial score (nSPS) is 15.8. The molecule has 0 aliphatic heterocycles. The minimum Gasteiger partial charge on any atom is -0.302 e. The standard InChI is InChI=1S/C11H15N3O3S/c15-9(6-5-8-3-1-2-4-8)13-11-12-7-10(18-11)14(16)17/h7-8H,1-6H2,(H,12,13,15). The van der Waals surface area contributed by atoms with Crippen molar-refractivity contribution >= 4 is 27.4 Å². The summed E-state index contributed by atoms with van der Waals surface area (Å²) in [6.45, 7) is 0. The number of carbonyl (C=O) groups is 1. The highest BCUT2D eigenvalue weighted by molar-refractivity contribution is 7.18. The fraction of sp³-hybridized carbons (Fsp3) is 0.636. The van der Waals surface area contributed by atoms with E-state index < -0.39 is 4.92 Å². The van der Waals surface area contributed by atoms with E-state index >= 15 is 0 Å². The highest BCUT2D eigenvalue weighted by Crippen LogP contribution is 2.29. The second-order valence-electron chi connectivity index (χ2n) is 4.50. The Morgan fingerprint density at radius 2 is 2.28 bits per heavy atom. The summed E-state index contributed by atoms with van der Waals surface area (Å²) in [7, 11) is 0. The quantitative estimate of drug-likeness (QED) is 0.657. The Hall–Kier alpha value is -1.50. The molecule has 2 rings (SSSR count). The zero-order valence-electron chi connectivity index (χ0n) is 9.92. The molecule has 18 heavy (non-hydrogen) atoms. The molecule has 0 saturated heterocycles. The van der Waals surface area contributed by atoms with Crippen LogP contribution in [0.5, 0.6) is 0 Å². The highest BCUT2D eigenvalue weighted by Gasteiger charge is 2.17. The van der Waals surface area contributed by atoms with Gasteiger partial charge in [0.15, 0.2) is 5.13 Å². The molecule has 1 heterocycles. The summed E-state index contributed by atoms with van der Waals surface area (Å²) >= 11 is 0.885. The minimum atomic E-state index is -0.508. The van der Waals surface area contributed by atoms with Gasteiger partial charge >= 0.3 is 5.00 Å². The van der Waals surface area contributed by atoms with Gasteiger partial charge in [-0.15, -0.1) is 0 Å². The second kappa shape index (κ2) is 5.90. The van der Waals surface area contributed by atoms with Crippen molar-refractivity contribution in [3.8, 4) is 0 Å². The van der Waals surface area contributed by atoms with Gasteiger partial charge in [-0.2, -0.15) is 0 Å². The van der Waals surface area contributed by atoms with E-state index in [1.807, 2.05) is 0 Å². The molecule has 1 amide bonds. The third kappa shape index (κ3) is 3.49. The van der Waals surface area contributed by atoms with Gasteiger partial charge in [-0.1, -0.05) is 25.7 Å². The summed E-state index contributed by atoms with van der Waals surface area (Å²) < 4.78 is 0. The summed E-state index contributed by atoms with van der Waals surface area (Å²) in [5, 5.41) is 13.3. The van der Waals surface area contributed by atoms with Crippen LogP contribution in [-0.2, 0) is 4.79 Å². The smallest absolute Gasteiger partial charge is 0.302 e. The molecule has 0 aromatic carbocycles. The summed E-state index contributed by atoms with van der Waals surface area (Å²) in [4.78, 5) is 25.4. The van der Waals surface area contributed by atoms with E-state index in [0.717, 1.165) is 24.0 Å². The number of aromatic nitrogens is 1. The van der Waals surface area contributed by atoms with Crippen molar-refractivity contribution in [1.82, 2.24) is 4.98 Å². The van der Waals surface area contributed by atoms with Crippen LogP contribution in [0.15, 0.2) is 6.20 Å². The second-order valence-corrected chi connectivity index (χ2v) is 5.51. The summed E-state index contributed by atoms with van der Waals surface area (Å²) in [5.74, 6) is 0.563. The Morgan fingerprint density at radius 3 is 2.89 bits per heavy atom. The molecule has 1 N–H and O–H groups in total. The van der Waals surface area contributed by atoms with Gasteiger partial charge < -0.3 is 5.32 Å². The van der Waals surface area contributed by atoms with E-state index in [1.54, 1.807) is 0 Å². The number of anilines is 1. The lowest BCUT2D eigenvalue weighted by molar-refractivity contribution is -0.380. The van der Waals surface area contributed by atoms with E-state index in [9.17, 15) is 14.9 Å². The monoisotopic (exact) mass is 269 g/mol. The van der Waals surface area contributed by atoms with Gasteiger partial charge in [-0.05, 0) is 23.7 Å². The molecule has 98 valence electrons. The maximum absolute atomic E-state index is 11.6. The first-order valence-corrected chi connectivity index (χ1v) is 6.87. The molecule has 1 aliphatic carbocycles. The molecule has 0 bridgehead atoms. The first-order chi connectivity index (χ1) is 8.65. The van der Waals surface area contributed by atoms with E-state index in [0.29, 0.717) is 17.5 Å². The van der Waals surface area contributed by atoms with Crippen molar-refractivity contribution in [1.29, 1.82) is 0 Å². The molecular weight excluding hydrogens is 254 g/mol. The van der Waals surface area contributed by atoms with Gasteiger partial charge in [-0.3, -0.25) is 14.9 Å². The van der Waals surface area contributed by atoms with Crippen molar-refractivity contribution in [3.63, 3.8) is 0 Å². The summed E-state index contributed by atoms with van der Waals surface area (Å²) in [6.07, 6.45) is 7.51. The number of nitrogens with zero attached hydrogens (tertiary/aromatic N) is 2. The molecule has 0 radical (unpaired) electrons. The number of amides is 1. The van der Waals surface area contributed by atoms with Gasteiger partial charge in [0.25, 0.3) is 0 Å². The largest absolute Gasteiger partial charge is 0.345 e. The maximum atomic E-state index is 11.6. The minimum absolute atomic E-state index is 0.0545. The molecule has 6 nitrogen and oxygen atoms in total. The Labute approximate surface area is 109 Å². The number of nitrogens with one attached hydrogen (secondary N) is 1. The van der Waals surface area contributed by atoms with Crippen LogP contribution in [0.25, 0.3) is 0 Å². The lowest BCUT2D eigenvalue weighted by Gasteiger charge is -2.07. The van der Waals surface area contributed by atoms with Crippen LogP contribution in [-0.4, -0.2) is 15.8 Å². The average molecular weight is 269 g/mol. The first-order valence-electron chi connectivity index (χ1n) is 6.05. The number of hydrogen-bond acceptors (Lipinski definition) is 5. The van der Waals surface area contributed by atoms with Crippen molar-refractivity contribution in [2.24, 2.45) is 5.92 Å². The summed E-state index contributed by atoms with van der Waals surface area (Å²) in [6, 6.07) is 0. The van der Waals surface area contributed by atoms with Crippen LogP contribution in [0.4, 0.5) is 10.1 Å². The van der Waals surface area contributed by atoms with Gasteiger partial charge in [-0.25, -0.2) is 4.98 Å². The van der Waals surface area contributed by atoms with Gasteiger partial charge in [0.2, 0.25) is 5.91 Å². The lowest BCUT2D eigenvalue weighted by Crippen LogP contribution is -2.12. The lowest BCUT2D eigenvalue weighted by atomic mass is 10.0. The first kappa shape index (κ1) is 12.9. The van der Waals surface area contributed by atoms with E-state index in [4.69, 9.17) is 0 Å². The van der Waals surface area contributed by atoms with E-state index in [2.05, 4.69) is 10.3 Å². The molecule has 1 fully saturated rings. The molecule has 1 aliphatic rings. The molecule has 0 spiro atoms. The SMILES string of the molecule is O=C(CCC1CCCC1)Nc1ncc([N+](=O)[O-])s1. The third-order valence-electron chi connectivity index (χ3n) is 3.17. The van der Waals surface area contributed by atoms with Gasteiger partial charge in [0.1, 0.15) is 6.20 Å². The number of hydrogen-bond donors (Lipinski definition) is 1. The molecular formula is C11H15N3O3S. The predicted octanol–water partition coefficient (Wildman–Crippen LogP) is 2.96. The van der Waals surface area contributed by atoms with Crippen molar-refractivity contribution in [3.05, 3.63) is 16.3 Å². The van der Waals surface area contributed by atoms with Crippen LogP contribution >= 0.6 is 11.3 Å². The third-order valence-corrected chi connectivity index (χ3v) is 4.04. The zero-order chi connectivity index (χ0) is 13.0. The average Bonchev–Trinajstić information content (AvgIpc) is 2.96. The Balaban J connectivity index is 1.77. The molecule has 1 aromatic heterocycles. The molecule has 1 aromatic rings. The van der Waals surface area contributed by atoms with Crippen LogP contribution in [0.1, 0.15) is 38.5 Å². The van der Waals surface area contributed by atoms with Crippen molar-refractivity contribution in [2.75, 3.05) is 5.32 Å². The van der Waals surface area contributed by atoms with Crippen molar-refractivity contribution < 1.29 is 9.72 Å². The predicted molar refractivity (Wildman–Crippen MR) is 68.6 cm³/mol. The van der Waals surface area contributed by atoms with E-state index in [1.165, 1.54) is 25.7 Å². The number of carbonyl (C=O) groups excluding carboxylic acids is 1. The zero-order valence-corrected chi connectivity index (χ0v) is 10.7. The molecule has 7 heteroatoms. The number of rotatable bonds is 5. The fourth-order valence-corrected chi connectivity index (χ4v) is 2.87. The fourth-order valence-electron chi connectivity index (χ4n) is 2.22. The highest BCUT2D eigenvalue weighted by atomic mass is 32.1. The topological polar surface area (TPSA) is 85.1 Å². The van der Waals surface area contributed by atoms with Gasteiger partial charge in [0.05, 0.1) is 4.92 Å². The van der Waals surface area contributed by atoms with Crippen molar-refractivity contribution in [2.45, 2.75) is 38.5 Å². The number of nitro groups is 1. The Bertz CT molecular complexity index is 440. The Kier molecular flexibility index (Phi) is 4.24. The van der Waals surface area contributed by atoms with Gasteiger partial charge in [0, 0.05) is 6.42 Å². The molecule has 1 saturated carbocycles. The van der Waals surface area contributed by atoms with Crippen LogP contribution in [0.3, 0.4) is 0 Å². The van der Waals surface area contributed by atoms with E-state index in [-0.39, 0.29) is 10.9 Å². The number of thiazole rings is 1. The molecule has 0 atom stereocenters. The molecule has 0 unspecified atom stereocenters. The maximum Gasteiger partial charge on any atom is 0.345 e. The Morgan fingerprint density at radius 1 is 1.56 bits per heavy atom. The summed E-state index contributed by atoms with van der Waals surface area (Å²) in [5.41, 5.74) is 0. The van der Waals surface area contributed by atoms with Crippen LogP contribution in [0.2, 0.25) is 0 Å².